The number of amides is 1. The van der Waals surface area contributed by atoms with Crippen LogP contribution < -0.4 is 10.1 Å². The summed E-state index contributed by atoms with van der Waals surface area (Å²) in [5.41, 5.74) is 2.35. The first-order valence-corrected chi connectivity index (χ1v) is 8.90. The van der Waals surface area contributed by atoms with Crippen molar-refractivity contribution in [2.45, 2.75) is 0 Å². The van der Waals surface area contributed by atoms with Crippen molar-refractivity contribution < 1.29 is 13.9 Å². The first kappa shape index (κ1) is 18.3. The topological polar surface area (TPSA) is 64.1 Å². The molecule has 0 saturated carbocycles. The molecule has 142 valence electrons. The number of aromatic nitrogens is 2. The fourth-order valence-corrected chi connectivity index (χ4v) is 2.72. The van der Waals surface area contributed by atoms with E-state index in [2.05, 4.69) is 15.3 Å². The normalized spacial score (nSPS) is 10.4. The lowest BCUT2D eigenvalue weighted by atomic mass is 10.1. The number of anilines is 1. The molecule has 29 heavy (non-hydrogen) atoms. The highest BCUT2D eigenvalue weighted by atomic mass is 19.1. The quantitative estimate of drug-likeness (QED) is 0.504. The molecule has 4 aromatic rings. The molecule has 3 aromatic carbocycles. The molecule has 0 saturated heterocycles. The number of hydrogen-bond donors (Lipinski definition) is 1. The average molecular weight is 385 g/mol. The summed E-state index contributed by atoms with van der Waals surface area (Å²) in [5.74, 6) is 0.419. The maximum atomic E-state index is 13.0. The van der Waals surface area contributed by atoms with Gasteiger partial charge in [-0.3, -0.25) is 4.79 Å². The van der Waals surface area contributed by atoms with E-state index in [0.29, 0.717) is 28.6 Å². The predicted molar refractivity (Wildman–Crippen MR) is 108 cm³/mol. The molecule has 1 amide bonds. The highest BCUT2D eigenvalue weighted by Crippen LogP contribution is 2.24. The lowest BCUT2D eigenvalue weighted by Gasteiger charge is -2.08. The monoisotopic (exact) mass is 385 g/mol. The van der Waals surface area contributed by atoms with Crippen LogP contribution in [0.5, 0.6) is 11.6 Å². The maximum Gasteiger partial charge on any atom is 0.255 e. The van der Waals surface area contributed by atoms with Crippen LogP contribution in [-0.2, 0) is 0 Å². The molecular weight excluding hydrogens is 369 g/mol. The molecule has 0 spiro atoms. The predicted octanol–water partition coefficient (Wildman–Crippen LogP) is 5.33. The number of nitrogens with zero attached hydrogens (tertiary/aromatic N) is 2. The molecule has 5 nitrogen and oxygen atoms in total. The molecule has 6 heteroatoms. The molecule has 0 radical (unpaired) electrons. The summed E-state index contributed by atoms with van der Waals surface area (Å²) in [6.07, 6.45) is 1.42. The fraction of sp³-hybridized carbons (Fsp3) is 0. The van der Waals surface area contributed by atoms with Crippen molar-refractivity contribution in [3.63, 3.8) is 0 Å². The van der Waals surface area contributed by atoms with Gasteiger partial charge in [-0.1, -0.05) is 30.3 Å². The Labute approximate surface area is 166 Å². The zero-order valence-electron chi connectivity index (χ0n) is 15.2. The van der Waals surface area contributed by atoms with Crippen molar-refractivity contribution in [3.8, 4) is 22.9 Å². The number of hydrogen-bond acceptors (Lipinski definition) is 4. The Kier molecular flexibility index (Phi) is 5.25. The molecule has 0 aliphatic carbocycles. The Hall–Kier alpha value is -4.06. The van der Waals surface area contributed by atoms with Gasteiger partial charge in [-0.05, 0) is 48.5 Å². The minimum absolute atomic E-state index is 0.298. The Bertz CT molecular complexity index is 1130. The summed E-state index contributed by atoms with van der Waals surface area (Å²) in [7, 11) is 0. The number of benzene rings is 3. The first-order valence-electron chi connectivity index (χ1n) is 8.90. The maximum absolute atomic E-state index is 13.0. The molecule has 0 atom stereocenters. The first-order chi connectivity index (χ1) is 14.2. The van der Waals surface area contributed by atoms with Crippen LogP contribution in [-0.4, -0.2) is 15.9 Å². The molecule has 0 fully saturated rings. The van der Waals surface area contributed by atoms with Gasteiger partial charge in [0.15, 0.2) is 0 Å². The lowest BCUT2D eigenvalue weighted by molar-refractivity contribution is 0.102. The van der Waals surface area contributed by atoms with Gasteiger partial charge in [0.2, 0.25) is 5.88 Å². The van der Waals surface area contributed by atoms with Gasteiger partial charge in [0.05, 0.1) is 5.69 Å². The van der Waals surface area contributed by atoms with Crippen LogP contribution in [0.15, 0.2) is 91.3 Å². The van der Waals surface area contributed by atoms with E-state index in [1.54, 1.807) is 24.3 Å². The number of carbonyl (C=O) groups is 1. The third kappa shape index (κ3) is 4.62. The Morgan fingerprint density at radius 3 is 2.45 bits per heavy atom. The molecule has 0 unspecified atom stereocenters. The molecule has 4 rings (SSSR count). The zero-order chi connectivity index (χ0) is 20.1. The van der Waals surface area contributed by atoms with Gasteiger partial charge in [0.1, 0.15) is 17.9 Å². The fourth-order valence-electron chi connectivity index (χ4n) is 2.72. The molecule has 0 aliphatic heterocycles. The zero-order valence-corrected chi connectivity index (χ0v) is 15.2. The second-order valence-corrected chi connectivity index (χ2v) is 6.20. The molecule has 1 aromatic heterocycles. The summed E-state index contributed by atoms with van der Waals surface area (Å²) in [6.45, 7) is 0. The number of nitrogens with one attached hydrogen (secondary N) is 1. The second kappa shape index (κ2) is 8.31. The minimum Gasteiger partial charge on any atom is -0.439 e. The van der Waals surface area contributed by atoms with Gasteiger partial charge in [-0.2, -0.15) is 0 Å². The van der Waals surface area contributed by atoms with Crippen LogP contribution in [0.3, 0.4) is 0 Å². The number of halogens is 1. The number of para-hydroxylation sites is 1. The molecular formula is C23H16FN3O2. The smallest absolute Gasteiger partial charge is 0.255 e. The van der Waals surface area contributed by atoms with E-state index in [0.717, 1.165) is 5.56 Å². The van der Waals surface area contributed by atoms with Gasteiger partial charge in [-0.25, -0.2) is 14.4 Å². The SMILES string of the molecule is O=C(Nc1ccc(F)cc1)c1cccc(-c2cc(Oc3ccccc3)ncn2)c1. The standard InChI is InChI=1S/C23H16FN3O2/c24-18-9-11-19(12-10-18)27-23(28)17-6-4-5-16(13-17)21-14-22(26-15-25-21)29-20-7-2-1-3-8-20/h1-15H,(H,27,28). The van der Waals surface area contributed by atoms with Crippen molar-refractivity contribution in [2.24, 2.45) is 0 Å². The largest absolute Gasteiger partial charge is 0.439 e. The van der Waals surface area contributed by atoms with Crippen molar-refractivity contribution in [2.75, 3.05) is 5.32 Å². The molecule has 1 N–H and O–H groups in total. The van der Waals surface area contributed by atoms with E-state index in [1.165, 1.54) is 30.6 Å². The van der Waals surface area contributed by atoms with Gasteiger partial charge >= 0.3 is 0 Å². The van der Waals surface area contributed by atoms with Gasteiger partial charge in [0, 0.05) is 22.9 Å². The lowest BCUT2D eigenvalue weighted by Crippen LogP contribution is -2.11. The van der Waals surface area contributed by atoms with Crippen LogP contribution in [0.1, 0.15) is 10.4 Å². The van der Waals surface area contributed by atoms with Gasteiger partial charge in [-0.15, -0.1) is 0 Å². The van der Waals surface area contributed by atoms with Crippen molar-refractivity contribution in [3.05, 3.63) is 103 Å². The Balaban J connectivity index is 1.54. The highest BCUT2D eigenvalue weighted by molar-refractivity contribution is 6.04. The Morgan fingerprint density at radius 1 is 0.862 bits per heavy atom. The van der Waals surface area contributed by atoms with Crippen LogP contribution in [0, 0.1) is 5.82 Å². The second-order valence-electron chi connectivity index (χ2n) is 6.20. The average Bonchev–Trinajstić information content (AvgIpc) is 2.76. The summed E-state index contributed by atoms with van der Waals surface area (Å²) in [4.78, 5) is 20.9. The van der Waals surface area contributed by atoms with E-state index in [-0.39, 0.29) is 11.7 Å². The van der Waals surface area contributed by atoms with Crippen LogP contribution >= 0.6 is 0 Å². The summed E-state index contributed by atoms with van der Waals surface area (Å²) >= 11 is 0. The van der Waals surface area contributed by atoms with E-state index >= 15 is 0 Å². The van der Waals surface area contributed by atoms with E-state index < -0.39 is 0 Å². The minimum atomic E-state index is -0.359. The van der Waals surface area contributed by atoms with Crippen LogP contribution in [0.25, 0.3) is 11.3 Å². The van der Waals surface area contributed by atoms with Crippen LogP contribution in [0.4, 0.5) is 10.1 Å². The summed E-state index contributed by atoms with van der Waals surface area (Å²) in [5, 5.41) is 2.75. The van der Waals surface area contributed by atoms with Crippen molar-refractivity contribution in [1.29, 1.82) is 0 Å². The third-order valence-corrected chi connectivity index (χ3v) is 4.13. The highest BCUT2D eigenvalue weighted by Gasteiger charge is 2.10. The van der Waals surface area contributed by atoms with E-state index in [9.17, 15) is 9.18 Å². The van der Waals surface area contributed by atoms with E-state index in [4.69, 9.17) is 4.74 Å². The number of rotatable bonds is 5. The van der Waals surface area contributed by atoms with Gasteiger partial charge in [0.25, 0.3) is 5.91 Å². The molecule has 0 aliphatic rings. The Morgan fingerprint density at radius 2 is 1.66 bits per heavy atom. The van der Waals surface area contributed by atoms with Gasteiger partial charge < -0.3 is 10.1 Å². The summed E-state index contributed by atoms with van der Waals surface area (Å²) < 4.78 is 18.8. The number of carbonyl (C=O) groups excluding carboxylic acids is 1. The van der Waals surface area contributed by atoms with Crippen molar-refractivity contribution >= 4 is 11.6 Å². The van der Waals surface area contributed by atoms with Crippen LogP contribution in [0.2, 0.25) is 0 Å². The summed E-state index contributed by atoms with van der Waals surface area (Å²) in [6, 6.07) is 23.7. The molecule has 1 heterocycles. The van der Waals surface area contributed by atoms with Crippen molar-refractivity contribution in [1.82, 2.24) is 9.97 Å². The van der Waals surface area contributed by atoms with E-state index in [1.807, 2.05) is 36.4 Å². The third-order valence-electron chi connectivity index (χ3n) is 4.13. The molecule has 0 bridgehead atoms. The number of ether oxygens (including phenoxy) is 1.